The van der Waals surface area contributed by atoms with Gasteiger partial charge in [0.2, 0.25) is 5.91 Å². The van der Waals surface area contributed by atoms with E-state index in [9.17, 15) is 4.79 Å². The number of hydrogen-bond donors (Lipinski definition) is 1. The third-order valence-electron chi connectivity index (χ3n) is 3.22. The summed E-state index contributed by atoms with van der Waals surface area (Å²) in [5, 5.41) is 7.35. The molecule has 1 aromatic heterocycles. The molecule has 1 aromatic rings. The van der Waals surface area contributed by atoms with Crippen molar-refractivity contribution in [2.24, 2.45) is 0 Å². The molecule has 5 nitrogen and oxygen atoms in total. The van der Waals surface area contributed by atoms with Crippen LogP contribution in [0.1, 0.15) is 26.2 Å². The van der Waals surface area contributed by atoms with Crippen molar-refractivity contribution in [2.45, 2.75) is 38.8 Å². The standard InChI is InChI=1S/C13H22N4O/c1-2-17(12-5-6-12)13(18)11-14-7-3-9-16-10-4-8-15-16/h4,8,10,12,14H,2-3,5-7,9,11H2,1H3. The van der Waals surface area contributed by atoms with Crippen molar-refractivity contribution in [3.05, 3.63) is 18.5 Å². The number of carbonyl (C=O) groups is 1. The van der Waals surface area contributed by atoms with Crippen LogP contribution in [0.2, 0.25) is 0 Å². The summed E-state index contributed by atoms with van der Waals surface area (Å²) in [5.74, 6) is 0.235. The molecular weight excluding hydrogens is 228 g/mol. The Morgan fingerprint density at radius 1 is 1.56 bits per heavy atom. The minimum Gasteiger partial charge on any atom is -0.339 e. The van der Waals surface area contributed by atoms with Crippen LogP contribution in [0.3, 0.4) is 0 Å². The van der Waals surface area contributed by atoms with Gasteiger partial charge in [0.25, 0.3) is 0 Å². The van der Waals surface area contributed by atoms with E-state index in [0.29, 0.717) is 12.6 Å². The molecule has 1 heterocycles. The summed E-state index contributed by atoms with van der Waals surface area (Å²) < 4.78 is 1.91. The van der Waals surface area contributed by atoms with Crippen LogP contribution < -0.4 is 5.32 Å². The number of likely N-dealkylation sites (N-methyl/N-ethyl adjacent to an activating group) is 1. The van der Waals surface area contributed by atoms with E-state index in [-0.39, 0.29) is 5.91 Å². The molecule has 1 aliphatic rings. The molecule has 1 saturated carbocycles. The summed E-state index contributed by atoms with van der Waals surface area (Å²) in [4.78, 5) is 13.9. The Morgan fingerprint density at radius 3 is 3.00 bits per heavy atom. The molecule has 1 fully saturated rings. The van der Waals surface area contributed by atoms with Crippen molar-refractivity contribution in [3.63, 3.8) is 0 Å². The lowest BCUT2D eigenvalue weighted by molar-refractivity contribution is -0.130. The average molecular weight is 250 g/mol. The summed E-state index contributed by atoms with van der Waals surface area (Å²) in [6, 6.07) is 2.44. The molecule has 1 aliphatic carbocycles. The number of rotatable bonds is 8. The third kappa shape index (κ3) is 3.84. The highest BCUT2D eigenvalue weighted by Gasteiger charge is 2.30. The van der Waals surface area contributed by atoms with Crippen LogP contribution in [-0.2, 0) is 11.3 Å². The van der Waals surface area contributed by atoms with E-state index in [2.05, 4.69) is 10.4 Å². The quantitative estimate of drug-likeness (QED) is 0.697. The second-order valence-corrected chi connectivity index (χ2v) is 4.71. The van der Waals surface area contributed by atoms with Crippen LogP contribution in [0.4, 0.5) is 0 Å². The summed E-state index contributed by atoms with van der Waals surface area (Å²) in [7, 11) is 0. The van der Waals surface area contributed by atoms with Crippen LogP contribution in [0.25, 0.3) is 0 Å². The zero-order chi connectivity index (χ0) is 12.8. The largest absolute Gasteiger partial charge is 0.339 e. The Balaban J connectivity index is 1.55. The van der Waals surface area contributed by atoms with Crippen LogP contribution in [0.5, 0.6) is 0 Å². The Morgan fingerprint density at radius 2 is 2.39 bits per heavy atom. The normalized spacial score (nSPS) is 14.7. The first-order valence-electron chi connectivity index (χ1n) is 6.79. The van der Waals surface area contributed by atoms with E-state index in [1.807, 2.05) is 28.8 Å². The van der Waals surface area contributed by atoms with Crippen molar-refractivity contribution in [1.82, 2.24) is 20.0 Å². The molecule has 5 heteroatoms. The molecule has 1 N–H and O–H groups in total. The summed E-state index contributed by atoms with van der Waals surface area (Å²) in [5.41, 5.74) is 0. The molecule has 0 unspecified atom stereocenters. The zero-order valence-electron chi connectivity index (χ0n) is 11.0. The van der Waals surface area contributed by atoms with Crippen LogP contribution in [0.15, 0.2) is 18.5 Å². The maximum absolute atomic E-state index is 11.9. The SMILES string of the molecule is CCN(C(=O)CNCCCn1cccn1)C1CC1. The minimum absolute atomic E-state index is 0.235. The molecular formula is C13H22N4O. The lowest BCUT2D eigenvalue weighted by Crippen LogP contribution is -2.39. The Labute approximate surface area is 108 Å². The molecule has 18 heavy (non-hydrogen) atoms. The van der Waals surface area contributed by atoms with Crippen molar-refractivity contribution in [3.8, 4) is 0 Å². The highest BCUT2D eigenvalue weighted by atomic mass is 16.2. The number of carbonyl (C=O) groups excluding carboxylic acids is 1. The Bertz CT molecular complexity index is 359. The number of aromatic nitrogens is 2. The van der Waals surface area contributed by atoms with Gasteiger partial charge in [-0.1, -0.05) is 0 Å². The first-order chi connectivity index (χ1) is 8.81. The fourth-order valence-corrected chi connectivity index (χ4v) is 2.12. The summed E-state index contributed by atoms with van der Waals surface area (Å²) >= 11 is 0. The van der Waals surface area contributed by atoms with Gasteiger partial charge in [-0.25, -0.2) is 0 Å². The van der Waals surface area contributed by atoms with Gasteiger partial charge in [0, 0.05) is 31.5 Å². The predicted octanol–water partition coefficient (Wildman–Crippen LogP) is 0.874. The lowest BCUT2D eigenvalue weighted by Gasteiger charge is -2.20. The second kappa shape index (κ2) is 6.54. The number of aryl methyl sites for hydroxylation is 1. The number of hydrogen-bond acceptors (Lipinski definition) is 3. The van der Waals surface area contributed by atoms with Crippen LogP contribution >= 0.6 is 0 Å². The minimum atomic E-state index is 0.235. The second-order valence-electron chi connectivity index (χ2n) is 4.71. The van der Waals surface area contributed by atoms with Gasteiger partial charge in [0.15, 0.2) is 0 Å². The summed E-state index contributed by atoms with van der Waals surface area (Å²) in [6.45, 7) is 5.10. The Hall–Kier alpha value is -1.36. The maximum atomic E-state index is 11.9. The molecule has 0 bridgehead atoms. The fraction of sp³-hybridized carbons (Fsp3) is 0.692. The zero-order valence-corrected chi connectivity index (χ0v) is 11.0. The van der Waals surface area contributed by atoms with Gasteiger partial charge < -0.3 is 10.2 Å². The highest BCUT2D eigenvalue weighted by molar-refractivity contribution is 5.78. The molecule has 0 spiro atoms. The smallest absolute Gasteiger partial charge is 0.236 e. The number of amides is 1. The molecule has 2 rings (SSSR count). The molecule has 100 valence electrons. The molecule has 0 aliphatic heterocycles. The maximum Gasteiger partial charge on any atom is 0.236 e. The lowest BCUT2D eigenvalue weighted by atomic mass is 10.4. The van der Waals surface area contributed by atoms with E-state index < -0.39 is 0 Å². The van der Waals surface area contributed by atoms with Gasteiger partial charge in [-0.3, -0.25) is 9.48 Å². The van der Waals surface area contributed by atoms with E-state index >= 15 is 0 Å². The van der Waals surface area contributed by atoms with Crippen molar-refractivity contribution in [1.29, 1.82) is 0 Å². The number of nitrogens with one attached hydrogen (secondary N) is 1. The van der Waals surface area contributed by atoms with Crippen molar-refractivity contribution < 1.29 is 4.79 Å². The highest BCUT2D eigenvalue weighted by Crippen LogP contribution is 2.26. The van der Waals surface area contributed by atoms with E-state index in [1.165, 1.54) is 12.8 Å². The van der Waals surface area contributed by atoms with Gasteiger partial charge in [0.1, 0.15) is 0 Å². The molecule has 0 aromatic carbocycles. The number of nitrogens with zero attached hydrogens (tertiary/aromatic N) is 3. The van der Waals surface area contributed by atoms with Gasteiger partial charge in [-0.05, 0) is 38.8 Å². The van der Waals surface area contributed by atoms with Gasteiger partial charge >= 0.3 is 0 Å². The van der Waals surface area contributed by atoms with E-state index in [0.717, 1.165) is 26.1 Å². The van der Waals surface area contributed by atoms with E-state index in [4.69, 9.17) is 0 Å². The first kappa shape index (κ1) is 13.1. The molecule has 0 radical (unpaired) electrons. The third-order valence-corrected chi connectivity index (χ3v) is 3.22. The first-order valence-corrected chi connectivity index (χ1v) is 6.79. The average Bonchev–Trinajstić information content (AvgIpc) is 3.06. The predicted molar refractivity (Wildman–Crippen MR) is 70.1 cm³/mol. The molecule has 0 saturated heterocycles. The Kier molecular flexibility index (Phi) is 4.75. The molecule has 0 atom stereocenters. The molecule has 1 amide bonds. The monoisotopic (exact) mass is 250 g/mol. The topological polar surface area (TPSA) is 50.2 Å². The van der Waals surface area contributed by atoms with Gasteiger partial charge in [-0.2, -0.15) is 5.10 Å². The van der Waals surface area contributed by atoms with Crippen molar-refractivity contribution in [2.75, 3.05) is 19.6 Å². The van der Waals surface area contributed by atoms with Crippen LogP contribution in [0, 0.1) is 0 Å². The van der Waals surface area contributed by atoms with E-state index in [1.54, 1.807) is 6.20 Å². The van der Waals surface area contributed by atoms with Crippen LogP contribution in [-0.4, -0.2) is 46.3 Å². The summed E-state index contributed by atoms with van der Waals surface area (Å²) in [6.07, 6.45) is 7.09. The van der Waals surface area contributed by atoms with Gasteiger partial charge in [-0.15, -0.1) is 0 Å². The van der Waals surface area contributed by atoms with Crippen molar-refractivity contribution >= 4 is 5.91 Å². The van der Waals surface area contributed by atoms with Gasteiger partial charge in [0.05, 0.1) is 6.54 Å². The fourth-order valence-electron chi connectivity index (χ4n) is 2.12.